The van der Waals surface area contributed by atoms with E-state index in [0.717, 1.165) is 16.8 Å². The first-order valence-electron chi connectivity index (χ1n) is 8.13. The molecule has 0 radical (unpaired) electrons. The van der Waals surface area contributed by atoms with Crippen LogP contribution in [-0.4, -0.2) is 11.1 Å². The summed E-state index contributed by atoms with van der Waals surface area (Å²) in [4.78, 5) is 11.0. The largest absolute Gasteiger partial charge is 0.489 e. The summed E-state index contributed by atoms with van der Waals surface area (Å²) >= 11 is 0. The average Bonchev–Trinajstić information content (AvgIpc) is 2.66. The van der Waals surface area contributed by atoms with Gasteiger partial charge in [0.1, 0.15) is 18.2 Å². The summed E-state index contributed by atoms with van der Waals surface area (Å²) in [5.74, 6) is -0.529. The number of rotatable bonds is 7. The Kier molecular flexibility index (Phi) is 5.49. The third-order valence-corrected chi connectivity index (χ3v) is 3.82. The summed E-state index contributed by atoms with van der Waals surface area (Å²) < 4.78 is 18.8. The van der Waals surface area contributed by atoms with Crippen molar-refractivity contribution in [1.82, 2.24) is 0 Å². The number of hydrogen-bond donors (Lipinski definition) is 2. The summed E-state index contributed by atoms with van der Waals surface area (Å²) in [5.41, 5.74) is 2.80. The van der Waals surface area contributed by atoms with E-state index in [1.54, 1.807) is 24.3 Å². The predicted molar refractivity (Wildman–Crippen MR) is 97.9 cm³/mol. The van der Waals surface area contributed by atoms with E-state index in [2.05, 4.69) is 5.32 Å². The van der Waals surface area contributed by atoms with Crippen LogP contribution < -0.4 is 10.1 Å². The zero-order chi connectivity index (χ0) is 18.4. The maximum atomic E-state index is 13.1. The van der Waals surface area contributed by atoms with Gasteiger partial charge in [-0.2, -0.15) is 0 Å². The van der Waals surface area contributed by atoms with Gasteiger partial charge in [0.15, 0.2) is 0 Å². The number of benzene rings is 3. The molecule has 2 N–H and O–H groups in total. The minimum absolute atomic E-state index is 0.246. The Balaban J connectivity index is 1.54. The molecule has 0 saturated heterocycles. The summed E-state index contributed by atoms with van der Waals surface area (Å²) in [6.07, 6.45) is 0. The summed E-state index contributed by atoms with van der Waals surface area (Å²) in [7, 11) is 0. The SMILES string of the molecule is O=C(O)c1cccc(NCc2ccc(OCc3cccc(F)c3)cc2)c1. The monoisotopic (exact) mass is 351 g/mol. The van der Waals surface area contributed by atoms with Gasteiger partial charge in [0.05, 0.1) is 5.56 Å². The average molecular weight is 351 g/mol. The van der Waals surface area contributed by atoms with Gasteiger partial charge in [-0.15, -0.1) is 0 Å². The van der Waals surface area contributed by atoms with Crippen molar-refractivity contribution in [2.45, 2.75) is 13.2 Å². The molecule has 0 spiro atoms. The zero-order valence-electron chi connectivity index (χ0n) is 14.0. The normalized spacial score (nSPS) is 10.3. The molecular formula is C21H18FNO3. The highest BCUT2D eigenvalue weighted by atomic mass is 19.1. The first-order chi connectivity index (χ1) is 12.6. The molecule has 0 aromatic heterocycles. The Hall–Kier alpha value is -3.34. The van der Waals surface area contributed by atoms with Gasteiger partial charge in [0.2, 0.25) is 0 Å². The van der Waals surface area contributed by atoms with Crippen molar-refractivity contribution in [3.63, 3.8) is 0 Å². The lowest BCUT2D eigenvalue weighted by Crippen LogP contribution is -2.02. The van der Waals surface area contributed by atoms with Gasteiger partial charge < -0.3 is 15.2 Å². The first kappa shape index (κ1) is 17.5. The van der Waals surface area contributed by atoms with Gasteiger partial charge in [-0.05, 0) is 53.6 Å². The quantitative estimate of drug-likeness (QED) is 0.647. The van der Waals surface area contributed by atoms with Crippen LogP contribution in [0.4, 0.5) is 10.1 Å². The van der Waals surface area contributed by atoms with Crippen molar-refractivity contribution in [2.75, 3.05) is 5.32 Å². The number of hydrogen-bond acceptors (Lipinski definition) is 3. The Labute approximate surface area is 150 Å². The Morgan fingerprint density at radius 2 is 1.73 bits per heavy atom. The van der Waals surface area contributed by atoms with E-state index in [9.17, 15) is 9.18 Å². The van der Waals surface area contributed by atoms with E-state index in [4.69, 9.17) is 9.84 Å². The number of carbonyl (C=O) groups is 1. The molecule has 132 valence electrons. The molecule has 0 aliphatic rings. The summed E-state index contributed by atoms with van der Waals surface area (Å²) in [6, 6.07) is 20.5. The van der Waals surface area contributed by atoms with E-state index in [0.29, 0.717) is 18.9 Å². The minimum Gasteiger partial charge on any atom is -0.489 e. The Morgan fingerprint density at radius 3 is 2.46 bits per heavy atom. The van der Waals surface area contributed by atoms with Crippen molar-refractivity contribution in [1.29, 1.82) is 0 Å². The molecule has 5 heteroatoms. The molecule has 0 fully saturated rings. The second kappa shape index (κ2) is 8.16. The molecule has 0 unspecified atom stereocenters. The highest BCUT2D eigenvalue weighted by molar-refractivity contribution is 5.88. The summed E-state index contributed by atoms with van der Waals surface area (Å²) in [6.45, 7) is 0.866. The van der Waals surface area contributed by atoms with Crippen molar-refractivity contribution >= 4 is 11.7 Å². The van der Waals surface area contributed by atoms with Crippen LogP contribution in [0.5, 0.6) is 5.75 Å². The molecule has 4 nitrogen and oxygen atoms in total. The van der Waals surface area contributed by atoms with Gasteiger partial charge >= 0.3 is 5.97 Å². The van der Waals surface area contributed by atoms with E-state index in [1.165, 1.54) is 12.1 Å². The molecule has 3 aromatic carbocycles. The van der Waals surface area contributed by atoms with Crippen LogP contribution >= 0.6 is 0 Å². The molecule has 0 bridgehead atoms. The number of carboxylic acid groups (broad SMARTS) is 1. The Morgan fingerprint density at radius 1 is 0.962 bits per heavy atom. The second-order valence-electron chi connectivity index (χ2n) is 5.80. The lowest BCUT2D eigenvalue weighted by atomic mass is 10.2. The molecular weight excluding hydrogens is 333 g/mol. The van der Waals surface area contributed by atoms with Gasteiger partial charge in [-0.1, -0.05) is 30.3 Å². The maximum absolute atomic E-state index is 13.1. The molecule has 0 amide bonds. The van der Waals surface area contributed by atoms with E-state index in [1.807, 2.05) is 36.4 Å². The number of halogens is 1. The molecule has 0 heterocycles. The van der Waals surface area contributed by atoms with Gasteiger partial charge in [-0.25, -0.2) is 9.18 Å². The lowest BCUT2D eigenvalue weighted by molar-refractivity contribution is 0.0697. The summed E-state index contributed by atoms with van der Waals surface area (Å²) in [5, 5.41) is 12.2. The van der Waals surface area contributed by atoms with Crippen molar-refractivity contribution < 1.29 is 19.0 Å². The van der Waals surface area contributed by atoms with E-state index < -0.39 is 5.97 Å². The highest BCUT2D eigenvalue weighted by Crippen LogP contribution is 2.17. The minimum atomic E-state index is -0.951. The number of aromatic carboxylic acids is 1. The topological polar surface area (TPSA) is 58.6 Å². The standard InChI is InChI=1S/C21H18FNO3/c22-18-5-1-3-16(11-18)14-26-20-9-7-15(8-10-20)13-23-19-6-2-4-17(12-19)21(24)25/h1-12,23H,13-14H2,(H,24,25). The van der Waals surface area contributed by atoms with Crippen LogP contribution in [0.1, 0.15) is 21.5 Å². The van der Waals surface area contributed by atoms with Crippen molar-refractivity contribution in [3.05, 3.63) is 95.3 Å². The van der Waals surface area contributed by atoms with Crippen LogP contribution in [0.25, 0.3) is 0 Å². The highest BCUT2D eigenvalue weighted by Gasteiger charge is 2.03. The van der Waals surface area contributed by atoms with Gasteiger partial charge in [0, 0.05) is 12.2 Å². The zero-order valence-corrected chi connectivity index (χ0v) is 14.0. The fraction of sp³-hybridized carbons (Fsp3) is 0.0952. The fourth-order valence-electron chi connectivity index (χ4n) is 2.46. The fourth-order valence-corrected chi connectivity index (χ4v) is 2.46. The number of ether oxygens (including phenoxy) is 1. The van der Waals surface area contributed by atoms with Crippen molar-refractivity contribution in [3.8, 4) is 5.75 Å². The second-order valence-corrected chi connectivity index (χ2v) is 5.80. The third kappa shape index (κ3) is 4.83. The molecule has 26 heavy (non-hydrogen) atoms. The third-order valence-electron chi connectivity index (χ3n) is 3.82. The first-order valence-corrected chi connectivity index (χ1v) is 8.13. The van der Waals surface area contributed by atoms with E-state index >= 15 is 0 Å². The van der Waals surface area contributed by atoms with Crippen LogP contribution in [0.15, 0.2) is 72.8 Å². The molecule has 3 rings (SSSR count). The van der Waals surface area contributed by atoms with Crippen LogP contribution in [0.3, 0.4) is 0 Å². The number of carboxylic acids is 1. The molecule has 3 aromatic rings. The van der Waals surface area contributed by atoms with Crippen LogP contribution in [-0.2, 0) is 13.2 Å². The molecule has 0 atom stereocenters. The van der Waals surface area contributed by atoms with Crippen LogP contribution in [0, 0.1) is 5.82 Å². The van der Waals surface area contributed by atoms with Crippen LogP contribution in [0.2, 0.25) is 0 Å². The van der Waals surface area contributed by atoms with Gasteiger partial charge in [0.25, 0.3) is 0 Å². The Bertz CT molecular complexity index is 894. The molecule has 0 aliphatic heterocycles. The predicted octanol–water partition coefficient (Wildman–Crippen LogP) is 4.72. The molecule has 0 saturated carbocycles. The lowest BCUT2D eigenvalue weighted by Gasteiger charge is -2.09. The van der Waals surface area contributed by atoms with E-state index in [-0.39, 0.29) is 11.4 Å². The van der Waals surface area contributed by atoms with Crippen molar-refractivity contribution in [2.24, 2.45) is 0 Å². The smallest absolute Gasteiger partial charge is 0.335 e. The maximum Gasteiger partial charge on any atom is 0.335 e. The number of anilines is 1. The van der Waals surface area contributed by atoms with Gasteiger partial charge in [-0.3, -0.25) is 0 Å². The number of nitrogens with one attached hydrogen (secondary N) is 1. The molecule has 0 aliphatic carbocycles.